The van der Waals surface area contributed by atoms with Crippen LogP contribution in [0.1, 0.15) is 34.8 Å². The molecule has 5 nitrogen and oxygen atoms in total. The summed E-state index contributed by atoms with van der Waals surface area (Å²) in [5.74, 6) is -0.347. The largest absolute Gasteiger partial charge is 0.352 e. The Hall–Kier alpha value is -3.27. The number of rotatable bonds is 4. The Bertz CT molecular complexity index is 1140. The van der Waals surface area contributed by atoms with Crippen LogP contribution in [0, 0.1) is 40.7 Å². The third-order valence-corrected chi connectivity index (χ3v) is 6.38. The first-order chi connectivity index (χ1) is 14.0. The Morgan fingerprint density at radius 3 is 2.55 bits per heavy atom. The second-order valence-electron chi connectivity index (χ2n) is 7.92. The van der Waals surface area contributed by atoms with Gasteiger partial charge in [0.25, 0.3) is 5.91 Å². The zero-order valence-corrected chi connectivity index (χ0v) is 15.5. The fourth-order valence-corrected chi connectivity index (χ4v) is 4.80. The molecule has 0 spiro atoms. The molecule has 2 aromatic carbocycles. The maximum Gasteiger partial charge on any atom is 0.251 e. The van der Waals surface area contributed by atoms with E-state index in [2.05, 4.69) is 10.3 Å². The van der Waals surface area contributed by atoms with Crippen molar-refractivity contribution >= 4 is 16.9 Å². The lowest BCUT2D eigenvalue weighted by molar-refractivity contribution is 0.0950. The van der Waals surface area contributed by atoms with Gasteiger partial charge in [-0.05, 0) is 54.9 Å². The number of imidazole rings is 1. The summed E-state index contributed by atoms with van der Waals surface area (Å²) in [4.78, 5) is 16.5. The Morgan fingerprint density at radius 1 is 1.17 bits per heavy atom. The van der Waals surface area contributed by atoms with Crippen LogP contribution in [0.3, 0.4) is 0 Å². The summed E-state index contributed by atoms with van der Waals surface area (Å²) < 4.78 is 29.0. The van der Waals surface area contributed by atoms with Gasteiger partial charge in [-0.25, -0.2) is 13.8 Å². The number of nitrogens with zero attached hydrogens (tertiary/aromatic N) is 3. The van der Waals surface area contributed by atoms with Crippen LogP contribution in [0.4, 0.5) is 8.78 Å². The van der Waals surface area contributed by atoms with E-state index in [1.807, 2.05) is 10.6 Å². The number of fused-ring (bicyclic) bond motifs is 2. The van der Waals surface area contributed by atoms with Gasteiger partial charge in [0.15, 0.2) is 11.6 Å². The van der Waals surface area contributed by atoms with E-state index in [1.165, 1.54) is 6.07 Å². The molecular weight excluding hydrogens is 374 g/mol. The van der Waals surface area contributed by atoms with E-state index < -0.39 is 11.6 Å². The predicted molar refractivity (Wildman–Crippen MR) is 102 cm³/mol. The quantitative estimate of drug-likeness (QED) is 0.734. The highest BCUT2D eigenvalue weighted by molar-refractivity contribution is 5.94. The zero-order chi connectivity index (χ0) is 20.1. The molecule has 0 unspecified atom stereocenters. The van der Waals surface area contributed by atoms with E-state index in [0.29, 0.717) is 46.5 Å². The zero-order valence-electron chi connectivity index (χ0n) is 15.5. The van der Waals surface area contributed by atoms with Crippen LogP contribution in [0.15, 0.2) is 42.7 Å². The third-order valence-electron chi connectivity index (χ3n) is 6.38. The van der Waals surface area contributed by atoms with E-state index >= 15 is 0 Å². The number of carbonyl (C=O) groups is 1. The van der Waals surface area contributed by atoms with Gasteiger partial charge in [0.05, 0.1) is 29.0 Å². The van der Waals surface area contributed by atoms with E-state index in [4.69, 9.17) is 5.26 Å². The van der Waals surface area contributed by atoms with Gasteiger partial charge in [0.1, 0.15) is 0 Å². The van der Waals surface area contributed by atoms with Crippen LogP contribution in [0.25, 0.3) is 11.0 Å². The summed E-state index contributed by atoms with van der Waals surface area (Å²) in [6, 6.07) is 11.2. The number of hydrogen-bond acceptors (Lipinski definition) is 3. The van der Waals surface area contributed by atoms with Crippen LogP contribution in [0.2, 0.25) is 0 Å². The van der Waals surface area contributed by atoms with Gasteiger partial charge in [0.2, 0.25) is 0 Å². The van der Waals surface area contributed by atoms with Crippen molar-refractivity contribution in [2.45, 2.75) is 18.9 Å². The molecule has 5 rings (SSSR count). The Labute approximate surface area is 166 Å². The van der Waals surface area contributed by atoms with Crippen molar-refractivity contribution in [2.24, 2.45) is 17.8 Å². The molecule has 1 amide bonds. The van der Waals surface area contributed by atoms with Crippen molar-refractivity contribution in [1.82, 2.24) is 14.9 Å². The normalized spacial score (nSPS) is 24.9. The summed E-state index contributed by atoms with van der Waals surface area (Å²) in [7, 11) is 0. The molecule has 0 bridgehead atoms. The standard InChI is InChI=1S/C22H18F2N4O/c23-18-7-20-21(8-19(18)24)28(11-27-20)14-5-15-16(6-14)17(15)10-26-22(29)13-3-1-12(9-25)2-4-13/h1-4,7-8,11,14-17H,5-6,10H2,(H,26,29)/t14-,15-,16+,17+. The average Bonchev–Trinajstić information content (AvgIpc) is 3.06. The minimum absolute atomic E-state index is 0.130. The van der Waals surface area contributed by atoms with Crippen molar-refractivity contribution in [1.29, 1.82) is 5.26 Å². The molecule has 0 saturated heterocycles. The van der Waals surface area contributed by atoms with Crippen molar-refractivity contribution in [3.8, 4) is 6.07 Å². The Kier molecular flexibility index (Phi) is 4.09. The molecule has 2 aliphatic carbocycles. The third kappa shape index (κ3) is 3.05. The molecule has 2 fully saturated rings. The van der Waals surface area contributed by atoms with Gasteiger partial charge in [-0.15, -0.1) is 0 Å². The molecule has 2 saturated carbocycles. The molecule has 4 atom stereocenters. The molecule has 2 aliphatic rings. The number of nitriles is 1. The maximum atomic E-state index is 13.6. The van der Waals surface area contributed by atoms with Crippen molar-refractivity contribution in [3.05, 3.63) is 65.5 Å². The highest BCUT2D eigenvalue weighted by atomic mass is 19.2. The van der Waals surface area contributed by atoms with Crippen LogP contribution in [-0.2, 0) is 0 Å². The molecule has 29 heavy (non-hydrogen) atoms. The minimum atomic E-state index is -0.880. The average molecular weight is 392 g/mol. The molecule has 0 radical (unpaired) electrons. The number of amides is 1. The van der Waals surface area contributed by atoms with E-state index in [1.54, 1.807) is 30.6 Å². The molecule has 0 aliphatic heterocycles. The van der Waals surface area contributed by atoms with Gasteiger partial charge >= 0.3 is 0 Å². The topological polar surface area (TPSA) is 70.7 Å². The minimum Gasteiger partial charge on any atom is -0.352 e. The second-order valence-corrected chi connectivity index (χ2v) is 7.92. The van der Waals surface area contributed by atoms with Gasteiger partial charge in [-0.3, -0.25) is 4.79 Å². The maximum absolute atomic E-state index is 13.6. The number of aromatic nitrogens is 2. The van der Waals surface area contributed by atoms with Crippen LogP contribution < -0.4 is 5.32 Å². The summed E-state index contributed by atoms with van der Waals surface area (Å²) in [6.45, 7) is 0.630. The lowest BCUT2D eigenvalue weighted by Gasteiger charge is -2.17. The molecule has 1 heterocycles. The van der Waals surface area contributed by atoms with Crippen molar-refractivity contribution in [2.75, 3.05) is 6.54 Å². The molecule has 1 aromatic heterocycles. The first-order valence-electron chi connectivity index (χ1n) is 9.65. The van der Waals surface area contributed by atoms with Crippen LogP contribution >= 0.6 is 0 Å². The van der Waals surface area contributed by atoms with E-state index in [0.717, 1.165) is 18.9 Å². The van der Waals surface area contributed by atoms with Gasteiger partial charge < -0.3 is 9.88 Å². The van der Waals surface area contributed by atoms with Gasteiger partial charge in [0, 0.05) is 30.3 Å². The van der Waals surface area contributed by atoms with E-state index in [-0.39, 0.29) is 11.9 Å². The fraction of sp³-hybridized carbons (Fsp3) is 0.318. The lowest BCUT2D eigenvalue weighted by Crippen LogP contribution is -2.27. The predicted octanol–water partition coefficient (Wildman–Crippen LogP) is 3.81. The molecular formula is C22H18F2N4O. The lowest BCUT2D eigenvalue weighted by atomic mass is 10.1. The van der Waals surface area contributed by atoms with Crippen LogP contribution in [0.5, 0.6) is 0 Å². The van der Waals surface area contributed by atoms with Gasteiger partial charge in [-0.2, -0.15) is 5.26 Å². The monoisotopic (exact) mass is 392 g/mol. The highest BCUT2D eigenvalue weighted by Gasteiger charge is 2.56. The first-order valence-corrected chi connectivity index (χ1v) is 9.65. The summed E-state index contributed by atoms with van der Waals surface area (Å²) in [5, 5.41) is 11.8. The van der Waals surface area contributed by atoms with E-state index in [9.17, 15) is 13.6 Å². The molecule has 3 aromatic rings. The smallest absolute Gasteiger partial charge is 0.251 e. The molecule has 146 valence electrons. The van der Waals surface area contributed by atoms with Crippen molar-refractivity contribution < 1.29 is 13.6 Å². The number of nitrogens with one attached hydrogen (secondary N) is 1. The number of hydrogen-bond donors (Lipinski definition) is 1. The number of benzene rings is 2. The Balaban J connectivity index is 1.19. The second kappa shape index (κ2) is 6.66. The van der Waals surface area contributed by atoms with Crippen molar-refractivity contribution in [3.63, 3.8) is 0 Å². The Morgan fingerprint density at radius 2 is 1.86 bits per heavy atom. The highest BCUT2D eigenvalue weighted by Crippen LogP contribution is 2.60. The molecule has 1 N–H and O–H groups in total. The summed E-state index contributed by atoms with van der Waals surface area (Å²) in [6.07, 6.45) is 3.57. The van der Waals surface area contributed by atoms with Gasteiger partial charge in [-0.1, -0.05) is 0 Å². The first kappa shape index (κ1) is 17.8. The summed E-state index contributed by atoms with van der Waals surface area (Å²) >= 11 is 0. The van der Waals surface area contributed by atoms with Crippen LogP contribution in [-0.4, -0.2) is 22.0 Å². The summed E-state index contributed by atoms with van der Waals surface area (Å²) in [5.41, 5.74) is 2.17. The number of halogens is 2. The number of carbonyl (C=O) groups excluding carboxylic acids is 1. The molecule has 7 heteroatoms. The fourth-order valence-electron chi connectivity index (χ4n) is 4.80. The SMILES string of the molecule is N#Cc1ccc(C(=O)NC[C@@H]2[C@H]3C[C@H](n4cnc5cc(F)c(F)cc54)C[C@@H]23)cc1.